The van der Waals surface area contributed by atoms with Crippen molar-refractivity contribution in [2.45, 2.75) is 40.4 Å². The fourth-order valence-electron chi connectivity index (χ4n) is 2.44. The van der Waals surface area contributed by atoms with Crippen LogP contribution in [0.5, 0.6) is 0 Å². The standard InChI is InChI=1S/C13H18N6/c1-7-10(8(2)19-18-7)5-15-13-11-4-14-6-12(11)16-9(3)17-13/h14H,4-6H2,1-3H3,(H,18,19)(H,15,16,17). The number of anilines is 1. The zero-order valence-corrected chi connectivity index (χ0v) is 11.5. The van der Waals surface area contributed by atoms with Gasteiger partial charge in [-0.25, -0.2) is 9.97 Å². The van der Waals surface area contributed by atoms with Crippen molar-refractivity contribution in [3.05, 3.63) is 34.0 Å². The first-order valence-electron chi connectivity index (χ1n) is 6.46. The molecule has 0 aromatic carbocycles. The molecule has 100 valence electrons. The third-order valence-electron chi connectivity index (χ3n) is 3.51. The topological polar surface area (TPSA) is 78.5 Å². The van der Waals surface area contributed by atoms with Crippen molar-refractivity contribution in [2.75, 3.05) is 5.32 Å². The van der Waals surface area contributed by atoms with Gasteiger partial charge in [0, 0.05) is 36.5 Å². The third kappa shape index (κ3) is 2.19. The molecule has 0 atom stereocenters. The molecule has 2 aromatic rings. The molecule has 0 amide bonds. The molecule has 3 heterocycles. The van der Waals surface area contributed by atoms with Gasteiger partial charge in [-0.2, -0.15) is 5.10 Å². The Morgan fingerprint density at radius 1 is 1.16 bits per heavy atom. The molecule has 0 unspecified atom stereocenters. The Morgan fingerprint density at radius 3 is 2.74 bits per heavy atom. The Labute approximate surface area is 112 Å². The minimum Gasteiger partial charge on any atom is -0.365 e. The minimum absolute atomic E-state index is 0.733. The molecule has 0 saturated carbocycles. The molecule has 0 saturated heterocycles. The molecule has 6 nitrogen and oxygen atoms in total. The van der Waals surface area contributed by atoms with Crippen molar-refractivity contribution in [3.8, 4) is 0 Å². The van der Waals surface area contributed by atoms with E-state index in [9.17, 15) is 0 Å². The number of fused-ring (bicyclic) bond motifs is 1. The van der Waals surface area contributed by atoms with E-state index in [-0.39, 0.29) is 0 Å². The summed E-state index contributed by atoms with van der Waals surface area (Å²) in [6, 6.07) is 0. The Morgan fingerprint density at radius 2 is 2.00 bits per heavy atom. The van der Waals surface area contributed by atoms with Crippen molar-refractivity contribution in [1.82, 2.24) is 25.5 Å². The van der Waals surface area contributed by atoms with Crippen LogP contribution in [-0.2, 0) is 19.6 Å². The average molecular weight is 258 g/mol. The van der Waals surface area contributed by atoms with Crippen LogP contribution in [0.15, 0.2) is 0 Å². The first kappa shape index (κ1) is 12.1. The number of nitrogens with one attached hydrogen (secondary N) is 3. The lowest BCUT2D eigenvalue weighted by Gasteiger charge is -2.10. The van der Waals surface area contributed by atoms with Crippen LogP contribution in [0, 0.1) is 20.8 Å². The quantitative estimate of drug-likeness (QED) is 0.774. The van der Waals surface area contributed by atoms with Gasteiger partial charge in [-0.15, -0.1) is 0 Å². The Balaban J connectivity index is 1.85. The van der Waals surface area contributed by atoms with Crippen LogP contribution in [0.2, 0.25) is 0 Å². The van der Waals surface area contributed by atoms with Crippen LogP contribution in [-0.4, -0.2) is 20.2 Å². The SMILES string of the molecule is Cc1nc2c(c(NCc3c(C)n[nH]c3C)n1)CNC2. The van der Waals surface area contributed by atoms with Crippen molar-refractivity contribution in [2.24, 2.45) is 0 Å². The van der Waals surface area contributed by atoms with Crippen molar-refractivity contribution < 1.29 is 0 Å². The summed E-state index contributed by atoms with van der Waals surface area (Å²) < 4.78 is 0. The molecule has 0 radical (unpaired) electrons. The van der Waals surface area contributed by atoms with Gasteiger partial charge in [-0.3, -0.25) is 5.10 Å². The fourth-order valence-corrected chi connectivity index (χ4v) is 2.44. The molecule has 3 N–H and O–H groups in total. The molecule has 0 bridgehead atoms. The van der Waals surface area contributed by atoms with E-state index in [1.54, 1.807) is 0 Å². The molecule has 3 rings (SSSR count). The number of aromatic amines is 1. The van der Waals surface area contributed by atoms with Crippen LogP contribution < -0.4 is 10.6 Å². The van der Waals surface area contributed by atoms with Gasteiger partial charge in [-0.1, -0.05) is 0 Å². The molecule has 2 aromatic heterocycles. The number of rotatable bonds is 3. The summed E-state index contributed by atoms with van der Waals surface area (Å²) in [6.45, 7) is 8.37. The second kappa shape index (κ2) is 4.62. The lowest BCUT2D eigenvalue weighted by atomic mass is 10.2. The summed E-state index contributed by atoms with van der Waals surface area (Å²) in [5.74, 6) is 1.75. The van der Waals surface area contributed by atoms with Crippen LogP contribution in [0.25, 0.3) is 0 Å². The predicted molar refractivity (Wildman–Crippen MR) is 72.7 cm³/mol. The number of hydrogen-bond donors (Lipinski definition) is 3. The second-order valence-electron chi connectivity index (χ2n) is 4.91. The Hall–Kier alpha value is -1.95. The normalized spacial score (nSPS) is 13.6. The summed E-state index contributed by atoms with van der Waals surface area (Å²) in [5.41, 5.74) is 5.63. The zero-order valence-electron chi connectivity index (χ0n) is 11.5. The van der Waals surface area contributed by atoms with E-state index in [2.05, 4.69) is 30.8 Å². The smallest absolute Gasteiger partial charge is 0.134 e. The van der Waals surface area contributed by atoms with E-state index in [4.69, 9.17) is 0 Å². The van der Waals surface area contributed by atoms with Gasteiger partial charge >= 0.3 is 0 Å². The summed E-state index contributed by atoms with van der Waals surface area (Å²) in [4.78, 5) is 8.97. The summed E-state index contributed by atoms with van der Waals surface area (Å²) in [6.07, 6.45) is 0. The lowest BCUT2D eigenvalue weighted by molar-refractivity contribution is 0.757. The Kier molecular flexibility index (Phi) is 2.94. The van der Waals surface area contributed by atoms with Crippen LogP contribution >= 0.6 is 0 Å². The van der Waals surface area contributed by atoms with E-state index in [1.807, 2.05) is 20.8 Å². The predicted octanol–water partition coefficient (Wildman–Crippen LogP) is 1.34. The highest BCUT2D eigenvalue weighted by atomic mass is 15.1. The average Bonchev–Trinajstić information content (AvgIpc) is 2.95. The first-order chi connectivity index (χ1) is 9.15. The van der Waals surface area contributed by atoms with Crippen molar-refractivity contribution in [3.63, 3.8) is 0 Å². The van der Waals surface area contributed by atoms with Gasteiger partial charge in [-0.05, 0) is 20.8 Å². The number of nitrogens with zero attached hydrogens (tertiary/aromatic N) is 3. The van der Waals surface area contributed by atoms with Gasteiger partial charge in [0.25, 0.3) is 0 Å². The number of H-pyrrole nitrogens is 1. The molecular weight excluding hydrogens is 240 g/mol. The molecule has 6 heteroatoms. The number of hydrogen-bond acceptors (Lipinski definition) is 5. The van der Waals surface area contributed by atoms with Crippen molar-refractivity contribution >= 4 is 5.82 Å². The van der Waals surface area contributed by atoms with E-state index in [1.165, 1.54) is 11.1 Å². The van der Waals surface area contributed by atoms with Crippen LogP contribution in [0.3, 0.4) is 0 Å². The molecule has 0 spiro atoms. The summed E-state index contributed by atoms with van der Waals surface area (Å²) >= 11 is 0. The fraction of sp³-hybridized carbons (Fsp3) is 0.462. The van der Waals surface area contributed by atoms with E-state index in [0.717, 1.165) is 48.4 Å². The molecule has 1 aliphatic heterocycles. The first-order valence-corrected chi connectivity index (χ1v) is 6.46. The maximum Gasteiger partial charge on any atom is 0.134 e. The highest BCUT2D eigenvalue weighted by molar-refractivity contribution is 5.49. The highest BCUT2D eigenvalue weighted by Crippen LogP contribution is 2.22. The maximum atomic E-state index is 4.51. The lowest BCUT2D eigenvalue weighted by Crippen LogP contribution is -2.08. The molecule has 0 aliphatic carbocycles. The summed E-state index contributed by atoms with van der Waals surface area (Å²) in [7, 11) is 0. The monoisotopic (exact) mass is 258 g/mol. The van der Waals surface area contributed by atoms with Crippen molar-refractivity contribution in [1.29, 1.82) is 0 Å². The minimum atomic E-state index is 0.733. The van der Waals surface area contributed by atoms with Gasteiger partial charge in [0.05, 0.1) is 11.4 Å². The number of aromatic nitrogens is 4. The zero-order chi connectivity index (χ0) is 13.4. The molecule has 0 fully saturated rings. The second-order valence-corrected chi connectivity index (χ2v) is 4.91. The molecule has 19 heavy (non-hydrogen) atoms. The molecular formula is C13H18N6. The van der Waals surface area contributed by atoms with E-state index >= 15 is 0 Å². The summed E-state index contributed by atoms with van der Waals surface area (Å²) in [5, 5.41) is 13.9. The van der Waals surface area contributed by atoms with E-state index in [0.29, 0.717) is 0 Å². The molecule has 1 aliphatic rings. The van der Waals surface area contributed by atoms with Gasteiger partial charge in [0.15, 0.2) is 0 Å². The Bertz CT molecular complexity index is 596. The van der Waals surface area contributed by atoms with Crippen LogP contribution in [0.1, 0.15) is 34.0 Å². The third-order valence-corrected chi connectivity index (χ3v) is 3.51. The maximum absolute atomic E-state index is 4.51. The van der Waals surface area contributed by atoms with Gasteiger partial charge in [0.1, 0.15) is 11.6 Å². The largest absolute Gasteiger partial charge is 0.365 e. The van der Waals surface area contributed by atoms with Gasteiger partial charge < -0.3 is 10.6 Å². The highest BCUT2D eigenvalue weighted by Gasteiger charge is 2.18. The number of aryl methyl sites for hydroxylation is 3. The van der Waals surface area contributed by atoms with E-state index < -0.39 is 0 Å². The van der Waals surface area contributed by atoms with Gasteiger partial charge in [0.2, 0.25) is 0 Å². The van der Waals surface area contributed by atoms with Crippen LogP contribution in [0.4, 0.5) is 5.82 Å².